The summed E-state index contributed by atoms with van der Waals surface area (Å²) in [6.45, 7) is 0.290. The fourth-order valence-corrected chi connectivity index (χ4v) is 1.69. The van der Waals surface area contributed by atoms with Gasteiger partial charge in [-0.25, -0.2) is 0 Å². The number of hydrazone groups is 1. The van der Waals surface area contributed by atoms with E-state index in [1.54, 1.807) is 6.21 Å². The highest BCUT2D eigenvalue weighted by Gasteiger charge is 2.12. The molecule has 90 valence electrons. The van der Waals surface area contributed by atoms with Crippen molar-refractivity contribution in [1.82, 2.24) is 0 Å². The molecule has 1 N–H and O–H groups in total. The molecule has 2 aromatic rings. The average molecular weight is 240 g/mol. The Balaban J connectivity index is 1.69. The number of ether oxygens (including phenoxy) is 2. The van der Waals surface area contributed by atoms with Crippen LogP contribution in [0.1, 0.15) is 5.56 Å². The molecule has 4 heteroatoms. The standard InChI is InChI=1S/C14H12N2O2/c1-2-4-12(5-3-1)16-15-9-11-6-7-13-14(8-11)18-10-17-13/h1-9,16H,10H2/b15-9+. The number of para-hydroxylation sites is 1. The van der Waals surface area contributed by atoms with Crippen LogP contribution in [0.4, 0.5) is 5.69 Å². The van der Waals surface area contributed by atoms with E-state index in [9.17, 15) is 0 Å². The zero-order valence-corrected chi connectivity index (χ0v) is 9.67. The van der Waals surface area contributed by atoms with Gasteiger partial charge in [0.2, 0.25) is 6.79 Å². The van der Waals surface area contributed by atoms with Gasteiger partial charge in [-0.15, -0.1) is 0 Å². The number of fused-ring (bicyclic) bond motifs is 1. The topological polar surface area (TPSA) is 42.9 Å². The number of nitrogens with zero attached hydrogens (tertiary/aromatic N) is 1. The predicted molar refractivity (Wildman–Crippen MR) is 70.2 cm³/mol. The Hall–Kier alpha value is -2.49. The monoisotopic (exact) mass is 240 g/mol. The van der Waals surface area contributed by atoms with E-state index < -0.39 is 0 Å². The number of hydrogen-bond donors (Lipinski definition) is 1. The summed E-state index contributed by atoms with van der Waals surface area (Å²) >= 11 is 0. The van der Waals surface area contributed by atoms with Crippen molar-refractivity contribution in [3.63, 3.8) is 0 Å². The maximum Gasteiger partial charge on any atom is 0.231 e. The normalized spacial score (nSPS) is 12.9. The van der Waals surface area contributed by atoms with Gasteiger partial charge in [0.1, 0.15) is 0 Å². The molecule has 4 nitrogen and oxygen atoms in total. The van der Waals surface area contributed by atoms with Crippen molar-refractivity contribution >= 4 is 11.9 Å². The summed E-state index contributed by atoms with van der Waals surface area (Å²) in [5, 5.41) is 4.17. The fourth-order valence-electron chi connectivity index (χ4n) is 1.69. The molecule has 1 heterocycles. The number of nitrogens with one attached hydrogen (secondary N) is 1. The van der Waals surface area contributed by atoms with Gasteiger partial charge in [0.05, 0.1) is 11.9 Å². The maximum absolute atomic E-state index is 5.30. The molecule has 0 saturated heterocycles. The molecule has 1 aliphatic heterocycles. The number of rotatable bonds is 3. The first-order valence-corrected chi connectivity index (χ1v) is 5.65. The minimum absolute atomic E-state index is 0.290. The molecule has 0 aliphatic carbocycles. The van der Waals surface area contributed by atoms with Gasteiger partial charge in [-0.1, -0.05) is 18.2 Å². The summed E-state index contributed by atoms with van der Waals surface area (Å²) < 4.78 is 10.5. The SMILES string of the molecule is C(=N\Nc1ccccc1)/c1ccc2c(c1)OCO2. The molecular weight excluding hydrogens is 228 g/mol. The number of benzene rings is 2. The number of anilines is 1. The molecule has 0 aromatic heterocycles. The van der Waals surface area contributed by atoms with Crippen molar-refractivity contribution in [2.45, 2.75) is 0 Å². The first-order valence-electron chi connectivity index (χ1n) is 5.65. The second-order valence-corrected chi connectivity index (χ2v) is 3.85. The van der Waals surface area contributed by atoms with Crippen molar-refractivity contribution in [3.8, 4) is 11.5 Å². The highest BCUT2D eigenvalue weighted by atomic mass is 16.7. The van der Waals surface area contributed by atoms with Crippen LogP contribution in [0, 0.1) is 0 Å². The van der Waals surface area contributed by atoms with Crippen LogP contribution in [0.15, 0.2) is 53.6 Å². The Labute approximate surface area is 105 Å². The summed E-state index contributed by atoms with van der Waals surface area (Å²) in [6, 6.07) is 15.5. The van der Waals surface area contributed by atoms with Gasteiger partial charge in [0.15, 0.2) is 11.5 Å². The third kappa shape index (κ3) is 2.27. The van der Waals surface area contributed by atoms with Crippen molar-refractivity contribution in [1.29, 1.82) is 0 Å². The summed E-state index contributed by atoms with van der Waals surface area (Å²) in [6.07, 6.45) is 1.74. The summed E-state index contributed by atoms with van der Waals surface area (Å²) in [7, 11) is 0. The molecule has 0 spiro atoms. The van der Waals surface area contributed by atoms with Crippen LogP contribution in [0.2, 0.25) is 0 Å². The van der Waals surface area contributed by atoms with Gasteiger partial charge in [0, 0.05) is 0 Å². The van der Waals surface area contributed by atoms with Crippen molar-refractivity contribution < 1.29 is 9.47 Å². The summed E-state index contributed by atoms with van der Waals surface area (Å²) in [4.78, 5) is 0. The largest absolute Gasteiger partial charge is 0.454 e. The Bertz CT molecular complexity index is 567. The average Bonchev–Trinajstić information content (AvgIpc) is 2.87. The van der Waals surface area contributed by atoms with Crippen molar-refractivity contribution in [3.05, 3.63) is 54.1 Å². The van der Waals surface area contributed by atoms with Crippen LogP contribution in [-0.4, -0.2) is 13.0 Å². The van der Waals surface area contributed by atoms with Gasteiger partial charge >= 0.3 is 0 Å². The highest BCUT2D eigenvalue weighted by molar-refractivity contribution is 5.81. The molecule has 18 heavy (non-hydrogen) atoms. The lowest BCUT2D eigenvalue weighted by atomic mass is 10.2. The lowest BCUT2D eigenvalue weighted by Crippen LogP contribution is -1.93. The van der Waals surface area contributed by atoms with E-state index in [-0.39, 0.29) is 6.79 Å². The molecule has 0 bridgehead atoms. The third-order valence-corrected chi connectivity index (χ3v) is 2.58. The maximum atomic E-state index is 5.30. The quantitative estimate of drug-likeness (QED) is 0.662. The Kier molecular flexibility index (Phi) is 2.84. The van der Waals surface area contributed by atoms with Gasteiger partial charge in [0.25, 0.3) is 0 Å². The van der Waals surface area contributed by atoms with Crippen LogP contribution in [0.25, 0.3) is 0 Å². The third-order valence-electron chi connectivity index (χ3n) is 2.58. The van der Waals surface area contributed by atoms with E-state index in [1.807, 2.05) is 48.5 Å². The molecule has 3 rings (SSSR count). The van der Waals surface area contributed by atoms with E-state index in [2.05, 4.69) is 10.5 Å². The zero-order chi connectivity index (χ0) is 12.2. The second kappa shape index (κ2) is 4.79. The molecular formula is C14H12N2O2. The predicted octanol–water partition coefficient (Wildman–Crippen LogP) is 2.86. The smallest absolute Gasteiger partial charge is 0.231 e. The molecule has 0 saturated carbocycles. The summed E-state index contributed by atoms with van der Waals surface area (Å²) in [5.74, 6) is 1.54. The fraction of sp³-hybridized carbons (Fsp3) is 0.0714. The minimum Gasteiger partial charge on any atom is -0.454 e. The molecule has 0 unspecified atom stereocenters. The van der Waals surface area contributed by atoms with E-state index in [1.165, 1.54) is 0 Å². The molecule has 0 amide bonds. The number of hydrogen-bond acceptors (Lipinski definition) is 4. The first kappa shape index (κ1) is 10.7. The van der Waals surface area contributed by atoms with Crippen LogP contribution in [-0.2, 0) is 0 Å². The van der Waals surface area contributed by atoms with Gasteiger partial charge in [-0.2, -0.15) is 5.10 Å². The molecule has 1 aliphatic rings. The Morgan fingerprint density at radius 3 is 2.72 bits per heavy atom. The van der Waals surface area contributed by atoms with E-state index >= 15 is 0 Å². The van der Waals surface area contributed by atoms with E-state index in [4.69, 9.17) is 9.47 Å². The minimum atomic E-state index is 0.290. The molecule has 0 fully saturated rings. The lowest BCUT2D eigenvalue weighted by Gasteiger charge is -1.99. The van der Waals surface area contributed by atoms with Crippen LogP contribution in [0.3, 0.4) is 0 Å². The van der Waals surface area contributed by atoms with Crippen molar-refractivity contribution in [2.24, 2.45) is 5.10 Å². The Morgan fingerprint density at radius 2 is 1.83 bits per heavy atom. The first-order chi connectivity index (χ1) is 8.92. The highest BCUT2D eigenvalue weighted by Crippen LogP contribution is 2.31. The molecule has 0 radical (unpaired) electrons. The second-order valence-electron chi connectivity index (χ2n) is 3.85. The van der Waals surface area contributed by atoms with Gasteiger partial charge in [-0.3, -0.25) is 5.43 Å². The molecule has 2 aromatic carbocycles. The lowest BCUT2D eigenvalue weighted by molar-refractivity contribution is 0.174. The van der Waals surface area contributed by atoms with E-state index in [0.29, 0.717) is 0 Å². The zero-order valence-electron chi connectivity index (χ0n) is 9.67. The van der Waals surface area contributed by atoms with Gasteiger partial charge in [-0.05, 0) is 35.9 Å². The van der Waals surface area contributed by atoms with Crippen LogP contribution in [0.5, 0.6) is 11.5 Å². The van der Waals surface area contributed by atoms with E-state index in [0.717, 1.165) is 22.7 Å². The van der Waals surface area contributed by atoms with Crippen LogP contribution < -0.4 is 14.9 Å². The molecule has 0 atom stereocenters. The van der Waals surface area contributed by atoms with Crippen LogP contribution >= 0.6 is 0 Å². The van der Waals surface area contributed by atoms with Crippen molar-refractivity contribution in [2.75, 3.05) is 12.2 Å². The summed E-state index contributed by atoms with van der Waals surface area (Å²) in [5.41, 5.74) is 4.87. The Morgan fingerprint density at radius 1 is 1.00 bits per heavy atom. The van der Waals surface area contributed by atoms with Gasteiger partial charge < -0.3 is 9.47 Å².